The Morgan fingerprint density at radius 2 is 1.88 bits per heavy atom. The Hall–Kier alpha value is -2.72. The first-order valence-corrected chi connectivity index (χ1v) is 12.5. The molecule has 3 aromatic rings. The first-order valence-electron chi connectivity index (χ1n) is 12.5. The van der Waals surface area contributed by atoms with E-state index in [9.17, 15) is 0 Å². The molecule has 0 amide bonds. The molecule has 2 aliphatic carbocycles. The highest BCUT2D eigenvalue weighted by Gasteiger charge is 2.29. The Labute approximate surface area is 197 Å². The van der Waals surface area contributed by atoms with Crippen molar-refractivity contribution >= 4 is 16.3 Å². The van der Waals surface area contributed by atoms with Crippen LogP contribution < -0.4 is 5.32 Å². The van der Waals surface area contributed by atoms with Crippen LogP contribution in [0.15, 0.2) is 65.2 Å². The molecule has 1 fully saturated rings. The first kappa shape index (κ1) is 22.1. The van der Waals surface area contributed by atoms with E-state index < -0.39 is 0 Å². The van der Waals surface area contributed by atoms with E-state index >= 15 is 0 Å². The van der Waals surface area contributed by atoms with Gasteiger partial charge in [0.15, 0.2) is 0 Å². The maximum Gasteiger partial charge on any atom is 0.229 e. The van der Waals surface area contributed by atoms with Gasteiger partial charge in [-0.1, -0.05) is 86.1 Å². The number of rotatable bonds is 6. The molecule has 4 heteroatoms. The van der Waals surface area contributed by atoms with Crippen LogP contribution in [-0.4, -0.2) is 16.2 Å². The number of nitrogens with one attached hydrogen (secondary N) is 1. The number of benzene rings is 2. The Morgan fingerprint density at radius 3 is 2.67 bits per heavy atom. The monoisotopic (exact) mass is 441 g/mol. The molecule has 5 rings (SSSR count). The minimum Gasteiger partial charge on any atom is -0.339 e. The summed E-state index contributed by atoms with van der Waals surface area (Å²) in [4.78, 5) is 4.56. The van der Waals surface area contributed by atoms with Crippen LogP contribution >= 0.6 is 0 Å². The zero-order chi connectivity index (χ0) is 22.8. The number of aromatic nitrogens is 2. The topological polar surface area (TPSA) is 51.0 Å². The van der Waals surface area contributed by atoms with E-state index in [4.69, 9.17) is 4.52 Å². The standard InChI is InChI=1S/C29H35N3O/c1-19(2)29-31-28(32-33-29)23-16-14-21(15-17-23)24-10-6-11-25(18-24)30-20(3)26-13-7-9-22-8-4-5-12-27(22)26/h4-5,7-9,12-14,16-17,19-21,24-25,30H,6,10-11,15,18H2,1-3H3/t20-,21?,24+,25+/m1/s1. The van der Waals surface area contributed by atoms with Crippen LogP contribution in [0.5, 0.6) is 0 Å². The molecule has 2 aromatic carbocycles. The summed E-state index contributed by atoms with van der Waals surface area (Å²) in [6, 6.07) is 16.3. The van der Waals surface area contributed by atoms with Gasteiger partial charge in [0, 0.05) is 23.6 Å². The highest BCUT2D eigenvalue weighted by molar-refractivity contribution is 5.86. The second kappa shape index (κ2) is 9.64. The molecule has 0 radical (unpaired) electrons. The maximum atomic E-state index is 5.39. The average molecular weight is 442 g/mol. The SMILES string of the molecule is CC(C)c1nc(C2=CCC([C@H]3CCC[C@H](N[C@H](C)c4cccc5ccccc45)C3)C=C2)no1. The Bertz CT molecular complexity index is 1150. The number of allylic oxidation sites excluding steroid dienone is 4. The number of fused-ring (bicyclic) bond motifs is 1. The normalized spacial score (nSPS) is 24.2. The van der Waals surface area contributed by atoms with E-state index in [0.717, 1.165) is 23.7 Å². The minimum atomic E-state index is 0.259. The molecule has 4 nitrogen and oxygen atoms in total. The van der Waals surface area contributed by atoms with E-state index in [1.54, 1.807) is 0 Å². The lowest BCUT2D eigenvalue weighted by Crippen LogP contribution is -2.37. The van der Waals surface area contributed by atoms with E-state index in [0.29, 0.717) is 23.9 Å². The number of hydrogen-bond donors (Lipinski definition) is 1. The van der Waals surface area contributed by atoms with Gasteiger partial charge in [-0.25, -0.2) is 0 Å². The van der Waals surface area contributed by atoms with Crippen LogP contribution in [0.25, 0.3) is 16.3 Å². The minimum absolute atomic E-state index is 0.259. The van der Waals surface area contributed by atoms with Gasteiger partial charge in [-0.15, -0.1) is 0 Å². The van der Waals surface area contributed by atoms with E-state index in [1.807, 2.05) is 0 Å². The third kappa shape index (κ3) is 4.81. The molecule has 172 valence electrons. The van der Waals surface area contributed by atoms with Gasteiger partial charge >= 0.3 is 0 Å². The molecule has 1 aromatic heterocycles. The quantitative estimate of drug-likeness (QED) is 0.439. The van der Waals surface area contributed by atoms with E-state index in [2.05, 4.69) is 96.9 Å². The van der Waals surface area contributed by atoms with Gasteiger partial charge < -0.3 is 9.84 Å². The maximum absolute atomic E-state index is 5.39. The van der Waals surface area contributed by atoms with E-state index in [-0.39, 0.29) is 5.92 Å². The summed E-state index contributed by atoms with van der Waals surface area (Å²) >= 11 is 0. The highest BCUT2D eigenvalue weighted by Crippen LogP contribution is 2.37. The van der Waals surface area contributed by atoms with Crippen LogP contribution in [-0.2, 0) is 0 Å². The lowest BCUT2D eigenvalue weighted by molar-refractivity contribution is 0.228. The summed E-state index contributed by atoms with van der Waals surface area (Å²) in [5, 5.41) is 10.8. The molecule has 1 unspecified atom stereocenters. The molecule has 2 aliphatic rings. The lowest BCUT2D eigenvalue weighted by Gasteiger charge is -2.36. The molecule has 0 spiro atoms. The van der Waals surface area contributed by atoms with Crippen LogP contribution in [0.3, 0.4) is 0 Å². The molecular weight excluding hydrogens is 406 g/mol. The van der Waals surface area contributed by atoms with Crippen molar-refractivity contribution in [2.45, 2.75) is 70.9 Å². The summed E-state index contributed by atoms with van der Waals surface area (Å²) in [6.07, 6.45) is 13.1. The van der Waals surface area contributed by atoms with Crippen molar-refractivity contribution in [2.75, 3.05) is 0 Å². The first-order chi connectivity index (χ1) is 16.1. The summed E-state index contributed by atoms with van der Waals surface area (Å²) < 4.78 is 5.39. The molecule has 1 saturated carbocycles. The fourth-order valence-corrected chi connectivity index (χ4v) is 5.58. The predicted molar refractivity (Wildman–Crippen MR) is 135 cm³/mol. The lowest BCUT2D eigenvalue weighted by atomic mass is 9.74. The number of hydrogen-bond acceptors (Lipinski definition) is 4. The van der Waals surface area contributed by atoms with Crippen molar-refractivity contribution in [3.63, 3.8) is 0 Å². The van der Waals surface area contributed by atoms with Crippen molar-refractivity contribution in [1.82, 2.24) is 15.5 Å². The highest BCUT2D eigenvalue weighted by atomic mass is 16.5. The van der Waals surface area contributed by atoms with Crippen molar-refractivity contribution in [2.24, 2.45) is 11.8 Å². The molecule has 0 bridgehead atoms. The summed E-state index contributed by atoms with van der Waals surface area (Å²) in [7, 11) is 0. The molecular formula is C29H35N3O. The zero-order valence-electron chi connectivity index (χ0n) is 20.0. The van der Waals surface area contributed by atoms with Crippen molar-refractivity contribution in [1.29, 1.82) is 0 Å². The van der Waals surface area contributed by atoms with E-state index in [1.165, 1.54) is 42.0 Å². The smallest absolute Gasteiger partial charge is 0.229 e. The van der Waals surface area contributed by atoms with Gasteiger partial charge in [-0.2, -0.15) is 4.98 Å². The van der Waals surface area contributed by atoms with Crippen molar-refractivity contribution in [3.8, 4) is 0 Å². The Morgan fingerprint density at radius 1 is 1.03 bits per heavy atom. The molecule has 4 atom stereocenters. The van der Waals surface area contributed by atoms with Crippen molar-refractivity contribution < 1.29 is 4.52 Å². The Kier molecular flexibility index (Phi) is 6.45. The van der Waals surface area contributed by atoms with Gasteiger partial charge in [0.2, 0.25) is 11.7 Å². The third-order valence-corrected chi connectivity index (χ3v) is 7.42. The second-order valence-corrected chi connectivity index (χ2v) is 10.1. The Balaban J connectivity index is 1.21. The van der Waals surface area contributed by atoms with Gasteiger partial charge in [0.05, 0.1) is 0 Å². The number of nitrogens with zero attached hydrogens (tertiary/aromatic N) is 2. The third-order valence-electron chi connectivity index (χ3n) is 7.42. The molecule has 1 N–H and O–H groups in total. The summed E-state index contributed by atoms with van der Waals surface area (Å²) in [6.45, 7) is 6.47. The van der Waals surface area contributed by atoms with Crippen LogP contribution in [0, 0.1) is 11.8 Å². The van der Waals surface area contributed by atoms with Gasteiger partial charge in [0.1, 0.15) is 0 Å². The second-order valence-electron chi connectivity index (χ2n) is 10.1. The summed E-state index contributed by atoms with van der Waals surface area (Å²) in [5.74, 6) is 3.02. The van der Waals surface area contributed by atoms with Gasteiger partial charge in [0.25, 0.3) is 0 Å². The summed E-state index contributed by atoms with van der Waals surface area (Å²) in [5.41, 5.74) is 2.50. The fraction of sp³-hybridized carbons (Fsp3) is 0.448. The van der Waals surface area contributed by atoms with Crippen LogP contribution in [0.2, 0.25) is 0 Å². The van der Waals surface area contributed by atoms with Gasteiger partial charge in [-0.3, -0.25) is 0 Å². The predicted octanol–water partition coefficient (Wildman–Crippen LogP) is 7.22. The molecule has 33 heavy (non-hydrogen) atoms. The van der Waals surface area contributed by atoms with Crippen LogP contribution in [0.1, 0.15) is 82.1 Å². The average Bonchev–Trinajstić information content (AvgIpc) is 3.35. The molecule has 1 heterocycles. The largest absolute Gasteiger partial charge is 0.339 e. The van der Waals surface area contributed by atoms with Gasteiger partial charge in [-0.05, 0) is 60.8 Å². The van der Waals surface area contributed by atoms with Crippen LogP contribution in [0.4, 0.5) is 0 Å². The molecule has 0 saturated heterocycles. The fourth-order valence-electron chi connectivity index (χ4n) is 5.58. The van der Waals surface area contributed by atoms with Crippen molar-refractivity contribution in [3.05, 3.63) is 78.0 Å². The zero-order valence-corrected chi connectivity index (χ0v) is 20.0. The molecule has 0 aliphatic heterocycles.